The lowest BCUT2D eigenvalue weighted by molar-refractivity contribution is 0.311. The fraction of sp³-hybridized carbons (Fsp3) is 0.400. The summed E-state index contributed by atoms with van der Waals surface area (Å²) < 4.78 is 0. The van der Waals surface area contributed by atoms with Crippen LogP contribution in [0, 0.1) is 0 Å². The fourth-order valence-electron chi connectivity index (χ4n) is 0.519. The SMILES string of the molecule is OCCNc1ccnnn1. The highest BCUT2D eigenvalue weighted by molar-refractivity contribution is 5.29. The monoisotopic (exact) mass is 140 g/mol. The predicted molar refractivity (Wildman–Crippen MR) is 35.4 cm³/mol. The van der Waals surface area contributed by atoms with E-state index in [9.17, 15) is 0 Å². The summed E-state index contributed by atoms with van der Waals surface area (Å²) >= 11 is 0. The van der Waals surface area contributed by atoms with Crippen LogP contribution in [0.4, 0.5) is 5.82 Å². The summed E-state index contributed by atoms with van der Waals surface area (Å²) in [6.45, 7) is 0.572. The van der Waals surface area contributed by atoms with Gasteiger partial charge in [0.05, 0.1) is 12.8 Å². The zero-order chi connectivity index (χ0) is 7.23. The molecule has 0 aromatic carbocycles. The molecule has 0 unspecified atom stereocenters. The number of aliphatic hydroxyl groups is 1. The van der Waals surface area contributed by atoms with Gasteiger partial charge in [0.1, 0.15) is 0 Å². The van der Waals surface area contributed by atoms with Crippen molar-refractivity contribution in [3.05, 3.63) is 12.3 Å². The van der Waals surface area contributed by atoms with Gasteiger partial charge >= 0.3 is 0 Å². The van der Waals surface area contributed by atoms with E-state index < -0.39 is 0 Å². The van der Waals surface area contributed by atoms with Crippen molar-refractivity contribution in [2.24, 2.45) is 0 Å². The molecule has 5 heteroatoms. The lowest BCUT2D eigenvalue weighted by atomic mass is 10.6. The maximum absolute atomic E-state index is 8.40. The molecule has 1 rings (SSSR count). The molecule has 0 atom stereocenters. The van der Waals surface area contributed by atoms with E-state index in [0.717, 1.165) is 0 Å². The third-order valence-electron chi connectivity index (χ3n) is 0.921. The minimum absolute atomic E-state index is 0.0873. The van der Waals surface area contributed by atoms with Crippen LogP contribution in [0.25, 0.3) is 0 Å². The first-order valence-corrected chi connectivity index (χ1v) is 2.92. The molecule has 0 radical (unpaired) electrons. The summed E-state index contributed by atoms with van der Waals surface area (Å²) in [5.74, 6) is 0.629. The minimum atomic E-state index is 0.0873. The number of rotatable bonds is 3. The highest BCUT2D eigenvalue weighted by Gasteiger charge is 1.88. The van der Waals surface area contributed by atoms with Crippen LogP contribution in [0.15, 0.2) is 12.3 Å². The van der Waals surface area contributed by atoms with Gasteiger partial charge in [0, 0.05) is 12.6 Å². The minimum Gasteiger partial charge on any atom is -0.395 e. The zero-order valence-corrected chi connectivity index (χ0v) is 5.36. The maximum Gasteiger partial charge on any atom is 0.152 e. The second-order valence-electron chi connectivity index (χ2n) is 1.66. The predicted octanol–water partition coefficient (Wildman–Crippen LogP) is -0.724. The van der Waals surface area contributed by atoms with Crippen molar-refractivity contribution < 1.29 is 5.11 Å². The molecule has 0 saturated heterocycles. The Morgan fingerprint density at radius 1 is 1.60 bits per heavy atom. The summed E-state index contributed by atoms with van der Waals surface area (Å²) in [7, 11) is 0. The third-order valence-corrected chi connectivity index (χ3v) is 0.921. The first-order chi connectivity index (χ1) is 4.93. The average molecular weight is 140 g/mol. The van der Waals surface area contributed by atoms with Crippen LogP contribution in [-0.2, 0) is 0 Å². The topological polar surface area (TPSA) is 70.9 Å². The summed E-state index contributed by atoms with van der Waals surface area (Å²) in [6, 6.07) is 1.68. The van der Waals surface area contributed by atoms with E-state index in [1.54, 1.807) is 6.07 Å². The third kappa shape index (κ3) is 1.94. The van der Waals surface area contributed by atoms with E-state index >= 15 is 0 Å². The molecule has 0 fully saturated rings. The van der Waals surface area contributed by atoms with Crippen molar-refractivity contribution in [2.75, 3.05) is 18.5 Å². The Kier molecular flexibility index (Phi) is 2.57. The van der Waals surface area contributed by atoms with Gasteiger partial charge in [-0.3, -0.25) is 0 Å². The number of aromatic nitrogens is 3. The standard InChI is InChI=1S/C5H8N4O/c10-4-3-6-5-1-2-7-9-8-5/h1-2,10H,3-4H2,(H,6,7,8). The van der Waals surface area contributed by atoms with Crippen molar-refractivity contribution >= 4 is 5.82 Å². The Hall–Kier alpha value is -1.23. The first kappa shape index (κ1) is 6.88. The molecule has 54 valence electrons. The molecule has 0 aliphatic rings. The van der Waals surface area contributed by atoms with E-state index in [0.29, 0.717) is 12.4 Å². The quantitative estimate of drug-likeness (QED) is 0.579. The van der Waals surface area contributed by atoms with E-state index in [-0.39, 0.29) is 6.61 Å². The van der Waals surface area contributed by atoms with Gasteiger partial charge in [0.2, 0.25) is 0 Å². The van der Waals surface area contributed by atoms with Crippen LogP contribution in [0.2, 0.25) is 0 Å². The van der Waals surface area contributed by atoms with Crippen molar-refractivity contribution in [1.82, 2.24) is 15.4 Å². The molecule has 0 spiro atoms. The molecule has 0 saturated carbocycles. The van der Waals surface area contributed by atoms with Crippen LogP contribution in [0.5, 0.6) is 0 Å². The Bertz CT molecular complexity index is 178. The van der Waals surface area contributed by atoms with Gasteiger partial charge in [-0.05, 0) is 5.21 Å². The molecule has 5 nitrogen and oxygen atoms in total. The van der Waals surface area contributed by atoms with Gasteiger partial charge in [0.15, 0.2) is 5.82 Å². The Morgan fingerprint density at radius 3 is 3.10 bits per heavy atom. The van der Waals surface area contributed by atoms with Crippen molar-refractivity contribution in [3.8, 4) is 0 Å². The molecule has 0 bridgehead atoms. The first-order valence-electron chi connectivity index (χ1n) is 2.92. The smallest absolute Gasteiger partial charge is 0.152 e. The number of anilines is 1. The van der Waals surface area contributed by atoms with Crippen LogP contribution in [0.1, 0.15) is 0 Å². The van der Waals surface area contributed by atoms with Gasteiger partial charge in [0.25, 0.3) is 0 Å². The molecular formula is C5H8N4O. The van der Waals surface area contributed by atoms with Gasteiger partial charge in [-0.2, -0.15) is 0 Å². The van der Waals surface area contributed by atoms with Crippen molar-refractivity contribution in [1.29, 1.82) is 0 Å². The second-order valence-corrected chi connectivity index (χ2v) is 1.66. The van der Waals surface area contributed by atoms with E-state index in [2.05, 4.69) is 20.7 Å². The molecule has 2 N–H and O–H groups in total. The van der Waals surface area contributed by atoms with Crippen molar-refractivity contribution in [3.63, 3.8) is 0 Å². The van der Waals surface area contributed by atoms with E-state index in [4.69, 9.17) is 5.11 Å². The number of nitrogens with one attached hydrogen (secondary N) is 1. The summed E-state index contributed by atoms with van der Waals surface area (Å²) in [5, 5.41) is 21.7. The highest BCUT2D eigenvalue weighted by atomic mass is 16.3. The molecule has 0 aliphatic heterocycles. The zero-order valence-electron chi connectivity index (χ0n) is 5.36. The number of hydrogen-bond donors (Lipinski definition) is 2. The summed E-state index contributed by atoms with van der Waals surface area (Å²) in [4.78, 5) is 0. The van der Waals surface area contributed by atoms with Gasteiger partial charge in [-0.15, -0.1) is 10.2 Å². The average Bonchev–Trinajstić information content (AvgIpc) is 2.03. The second kappa shape index (κ2) is 3.73. The highest BCUT2D eigenvalue weighted by Crippen LogP contribution is 1.93. The number of nitrogens with zero attached hydrogens (tertiary/aromatic N) is 3. The molecular weight excluding hydrogens is 132 g/mol. The summed E-state index contributed by atoms with van der Waals surface area (Å²) in [5.41, 5.74) is 0. The molecule has 1 aromatic rings. The molecule has 0 aliphatic carbocycles. The lowest BCUT2D eigenvalue weighted by Crippen LogP contribution is -2.07. The van der Waals surface area contributed by atoms with E-state index in [1.165, 1.54) is 6.20 Å². The number of hydrogen-bond acceptors (Lipinski definition) is 5. The van der Waals surface area contributed by atoms with Crippen LogP contribution in [0.3, 0.4) is 0 Å². The van der Waals surface area contributed by atoms with E-state index in [1.807, 2.05) is 0 Å². The van der Waals surface area contributed by atoms with Crippen LogP contribution >= 0.6 is 0 Å². The Morgan fingerprint density at radius 2 is 2.50 bits per heavy atom. The molecule has 10 heavy (non-hydrogen) atoms. The molecule has 1 aromatic heterocycles. The van der Waals surface area contributed by atoms with Crippen molar-refractivity contribution in [2.45, 2.75) is 0 Å². The largest absolute Gasteiger partial charge is 0.395 e. The van der Waals surface area contributed by atoms with Crippen LogP contribution in [-0.4, -0.2) is 33.7 Å². The van der Waals surface area contributed by atoms with Gasteiger partial charge < -0.3 is 10.4 Å². The normalized spacial score (nSPS) is 9.30. The Balaban J connectivity index is 2.43. The summed E-state index contributed by atoms with van der Waals surface area (Å²) in [6.07, 6.45) is 1.53. The fourth-order valence-corrected chi connectivity index (χ4v) is 0.519. The molecule has 0 amide bonds. The maximum atomic E-state index is 8.40. The number of aliphatic hydroxyl groups excluding tert-OH is 1. The van der Waals surface area contributed by atoms with Gasteiger partial charge in [-0.25, -0.2) is 0 Å². The molecule has 1 heterocycles. The Labute approximate surface area is 58.1 Å². The lowest BCUT2D eigenvalue weighted by Gasteiger charge is -1.98. The van der Waals surface area contributed by atoms with Gasteiger partial charge in [-0.1, -0.05) is 0 Å². The van der Waals surface area contributed by atoms with Crippen LogP contribution < -0.4 is 5.32 Å².